The van der Waals surface area contributed by atoms with Gasteiger partial charge in [-0.25, -0.2) is 15.0 Å². The Hall–Kier alpha value is -8.95. The van der Waals surface area contributed by atoms with Crippen LogP contribution in [-0.2, 0) is 9.47 Å². The molecule has 0 atom stereocenters. The van der Waals surface area contributed by atoms with Crippen molar-refractivity contribution in [2.75, 3.05) is 79.5 Å². The van der Waals surface area contributed by atoms with Gasteiger partial charge in [0.05, 0.1) is 78.2 Å². The zero-order valence-corrected chi connectivity index (χ0v) is 68.3. The fourth-order valence-electron chi connectivity index (χ4n) is 12.4. The van der Waals surface area contributed by atoms with Crippen LogP contribution in [0, 0.1) is 0 Å². The van der Waals surface area contributed by atoms with Crippen molar-refractivity contribution < 1.29 is 23.7 Å². The Morgan fingerprint density at radius 2 is 0.860 bits per heavy atom. The first-order valence-corrected chi connectivity index (χ1v) is 47.2. The normalized spacial score (nSPS) is 14.0. The summed E-state index contributed by atoms with van der Waals surface area (Å²) in [5.74, 6) is 6.36. The Morgan fingerprint density at radius 3 is 1.32 bits per heavy atom. The van der Waals surface area contributed by atoms with Gasteiger partial charge >= 0.3 is 0 Å². The number of benzene rings is 3. The first-order valence-electron chi connectivity index (χ1n) is 36.5. The minimum absolute atomic E-state index is 0.386. The van der Waals surface area contributed by atoms with E-state index >= 15 is 0 Å². The Labute approximate surface area is 648 Å². The maximum absolute atomic E-state index is 6.17. The summed E-state index contributed by atoms with van der Waals surface area (Å²) in [5.41, 5.74) is 14.7. The van der Waals surface area contributed by atoms with E-state index in [1.807, 2.05) is 137 Å². The number of rotatable bonds is 26. The van der Waals surface area contributed by atoms with E-state index < -0.39 is 16.1 Å². The topological polar surface area (TPSA) is 269 Å². The first-order chi connectivity index (χ1) is 51.9. The number of nitrogen functional groups attached to an aromatic ring is 1. The minimum Gasteiger partial charge on any atom is -0.497 e. The molecule has 29 heteroatoms. The molecule has 3 aromatic carbocycles. The number of hydrogen-bond donors (Lipinski definition) is 4. The zero-order chi connectivity index (χ0) is 74.7. The van der Waals surface area contributed by atoms with Crippen LogP contribution in [0.3, 0.4) is 0 Å². The maximum Gasteiger partial charge on any atom is 0.215 e. The fraction of sp³-hybridized carbons (Fsp3) is 0.385. The molecule has 23 nitrogen and oxygen atoms in total. The number of nitrogens with two attached hydrogens (primary N) is 1. The van der Waals surface area contributed by atoms with Crippen LogP contribution >= 0.6 is 49.9 Å². The molecule has 3 aliphatic carbocycles. The summed E-state index contributed by atoms with van der Waals surface area (Å²) >= 11 is 8.45. The van der Waals surface area contributed by atoms with Gasteiger partial charge in [-0.3, -0.25) is 24.8 Å². The van der Waals surface area contributed by atoms with Gasteiger partial charge in [0, 0.05) is 93.0 Å². The standard InChI is InChI=1S/C28H36N6O2SSi.C22H22N6OS.C21H28BrN5OSSi.C7H9NO/c1-35-23-11-7-10-21(16-23)30-22-17-25-24(29-18-22)12-13-26(31-25)34(19-36-14-15-38(2,3)4)28-33-32-27(37-28)20-8-5-6-9-20;1-29-17-8-4-7-15(11-17)24-16-12-19-18(23-13-16)9-10-20(25-19)26-22-28-27-21(30-22)14-5-2-3-6-14;1-30(2,3)11-10-28-14-27(21-26-25-20(29-21)15-6-4-5-7-15)19-9-8-17-18(24-19)12-16(22)13-23-17;1-9-7-4-2-3-6(8)5-7/h7,10-13,16-18,20,30H,5-6,8-9,14-15,19H2,1-4H3;4,7-14,24H,2-3,5-6H2,1H3,(H,25,26,28);8-9,12-13,15H,4-7,10-11,14H2,1-3H3;2-5H,8H2,1H3. The number of nitrogens with one attached hydrogen (secondary N) is 3. The second-order valence-corrected chi connectivity index (χ2v) is 44.3. The van der Waals surface area contributed by atoms with Crippen LogP contribution in [-0.4, -0.2) is 125 Å². The molecule has 5 N–H and O–H groups in total. The van der Waals surface area contributed by atoms with E-state index in [1.165, 1.54) is 77.0 Å². The molecule has 3 aliphatic rings. The van der Waals surface area contributed by atoms with Crippen molar-refractivity contribution >= 4 is 160 Å². The number of pyridine rings is 6. The van der Waals surface area contributed by atoms with Crippen molar-refractivity contribution in [1.29, 1.82) is 0 Å². The first kappa shape index (κ1) is 77.7. The molecule has 0 saturated heterocycles. The Morgan fingerprint density at radius 1 is 0.439 bits per heavy atom. The summed E-state index contributed by atoms with van der Waals surface area (Å²) in [6, 6.07) is 43.0. The molecule has 15 rings (SSSR count). The predicted octanol–water partition coefficient (Wildman–Crippen LogP) is 20.6. The molecule has 560 valence electrons. The summed E-state index contributed by atoms with van der Waals surface area (Å²) < 4.78 is 28.7. The Balaban J connectivity index is 0.000000143. The molecule has 9 heterocycles. The van der Waals surface area contributed by atoms with Crippen molar-refractivity contribution in [3.8, 4) is 17.2 Å². The molecular weight excluding hydrogens is 1500 g/mol. The van der Waals surface area contributed by atoms with Gasteiger partial charge in [-0.2, -0.15) is 0 Å². The third kappa shape index (κ3) is 22.6. The van der Waals surface area contributed by atoms with Crippen molar-refractivity contribution in [2.24, 2.45) is 0 Å². The third-order valence-corrected chi connectivity index (χ3v) is 25.5. The molecule has 107 heavy (non-hydrogen) atoms. The van der Waals surface area contributed by atoms with Gasteiger partial charge in [-0.1, -0.05) is 130 Å². The highest BCUT2D eigenvalue weighted by molar-refractivity contribution is 9.10. The summed E-state index contributed by atoms with van der Waals surface area (Å²) in [7, 11) is 2.61. The van der Waals surface area contributed by atoms with Crippen molar-refractivity contribution in [2.45, 2.75) is 146 Å². The van der Waals surface area contributed by atoms with Crippen LogP contribution in [0.5, 0.6) is 17.2 Å². The maximum atomic E-state index is 6.17. The lowest BCUT2D eigenvalue weighted by atomic mass is 10.1. The smallest absolute Gasteiger partial charge is 0.215 e. The van der Waals surface area contributed by atoms with E-state index in [1.54, 1.807) is 73.8 Å². The number of anilines is 11. The van der Waals surface area contributed by atoms with Gasteiger partial charge in [0.2, 0.25) is 15.4 Å². The highest BCUT2D eigenvalue weighted by Crippen LogP contribution is 2.42. The summed E-state index contributed by atoms with van der Waals surface area (Å²) in [5, 5.41) is 42.8. The number of aromatic nitrogens is 12. The van der Waals surface area contributed by atoms with Gasteiger partial charge in [-0.15, -0.1) is 30.6 Å². The van der Waals surface area contributed by atoms with Gasteiger partial charge in [0.1, 0.15) is 63.2 Å². The van der Waals surface area contributed by atoms with Gasteiger partial charge < -0.3 is 45.4 Å². The molecule has 3 fully saturated rings. The molecule has 9 aromatic heterocycles. The van der Waals surface area contributed by atoms with E-state index in [0.29, 0.717) is 31.2 Å². The lowest BCUT2D eigenvalue weighted by molar-refractivity contribution is 0.153. The molecule has 0 amide bonds. The van der Waals surface area contributed by atoms with Gasteiger partial charge in [0.15, 0.2) is 0 Å². The minimum atomic E-state index is -1.19. The number of halogens is 1. The SMILES string of the molecule is COc1cccc(N)c1.COc1cccc(Nc2cnc3ccc(N(COCC[Si](C)(C)C)c4nnc(C5CCCC5)s4)nc3c2)c1.COc1cccc(Nc2cnc3ccc(Nc4nnc(C5CCCC5)s4)nc3c2)c1.C[Si](C)(C)CCOCN(c1ccc2ncc(Br)cc2n1)c1nnc(C2CCCC2)s1. The van der Waals surface area contributed by atoms with E-state index in [-0.39, 0.29) is 0 Å². The molecule has 0 bridgehead atoms. The summed E-state index contributed by atoms with van der Waals surface area (Å²) in [6.07, 6.45) is 20.4. The van der Waals surface area contributed by atoms with Gasteiger partial charge in [0.25, 0.3) is 0 Å². The number of fused-ring (bicyclic) bond motifs is 3. The quantitative estimate of drug-likeness (QED) is 0.0170. The van der Waals surface area contributed by atoms with Crippen LogP contribution < -0.4 is 45.7 Å². The molecule has 0 spiro atoms. The van der Waals surface area contributed by atoms with Crippen LogP contribution in [0.4, 0.5) is 61.3 Å². The van der Waals surface area contributed by atoms with Gasteiger partial charge in [-0.05, 0) is 158 Å². The van der Waals surface area contributed by atoms with Crippen molar-refractivity contribution in [1.82, 2.24) is 60.5 Å². The highest BCUT2D eigenvalue weighted by atomic mass is 79.9. The number of hydrogen-bond acceptors (Lipinski definition) is 26. The van der Waals surface area contributed by atoms with Crippen LogP contribution in [0.1, 0.15) is 110 Å². The van der Waals surface area contributed by atoms with E-state index in [4.69, 9.17) is 44.4 Å². The second-order valence-electron chi connectivity index (χ2n) is 29.2. The number of nitrogens with zero attached hydrogens (tertiary/aromatic N) is 14. The largest absolute Gasteiger partial charge is 0.497 e. The zero-order valence-electron chi connectivity index (χ0n) is 62.3. The third-order valence-electron chi connectivity index (χ3n) is 18.5. The van der Waals surface area contributed by atoms with Crippen LogP contribution in [0.15, 0.2) is 150 Å². The van der Waals surface area contributed by atoms with E-state index in [2.05, 4.69) is 117 Å². The molecular formula is C78H95BrN18O5S3Si2. The average Bonchev–Trinajstić information content (AvgIpc) is 1.14. The molecule has 12 aromatic rings. The monoisotopic (exact) mass is 1590 g/mol. The predicted molar refractivity (Wildman–Crippen MR) is 445 cm³/mol. The second kappa shape index (κ2) is 37.2. The Bertz CT molecular complexity index is 4850. The summed E-state index contributed by atoms with van der Waals surface area (Å²) in [4.78, 5) is 32.2. The summed E-state index contributed by atoms with van der Waals surface area (Å²) in [6.45, 7) is 16.5. The molecule has 0 unspecified atom stereocenters. The molecule has 0 radical (unpaired) electrons. The van der Waals surface area contributed by atoms with E-state index in [9.17, 15) is 0 Å². The number of methoxy groups -OCH3 is 3. The Kier molecular flexibility index (Phi) is 27.0. The number of ether oxygens (including phenoxy) is 5. The lowest BCUT2D eigenvalue weighted by Crippen LogP contribution is -2.26. The molecule has 0 aliphatic heterocycles. The van der Waals surface area contributed by atoms with Crippen molar-refractivity contribution in [3.05, 3.63) is 165 Å². The van der Waals surface area contributed by atoms with Crippen LogP contribution in [0.25, 0.3) is 33.1 Å². The lowest BCUT2D eigenvalue weighted by Gasteiger charge is -2.22. The van der Waals surface area contributed by atoms with Crippen LogP contribution in [0.2, 0.25) is 51.4 Å². The van der Waals surface area contributed by atoms with E-state index in [0.717, 1.165) is 156 Å². The fourth-order valence-corrected chi connectivity index (χ4v) is 17.2. The highest BCUT2D eigenvalue weighted by Gasteiger charge is 2.28. The van der Waals surface area contributed by atoms with Crippen molar-refractivity contribution in [3.63, 3.8) is 0 Å². The average molecular weight is 1600 g/mol. The molecule has 3 saturated carbocycles.